The van der Waals surface area contributed by atoms with E-state index in [0.29, 0.717) is 18.8 Å². The zero-order valence-corrected chi connectivity index (χ0v) is 17.4. The molecule has 0 radical (unpaired) electrons. The van der Waals surface area contributed by atoms with Crippen LogP contribution < -0.4 is 10.1 Å². The number of benzene rings is 2. The zero-order valence-electron chi connectivity index (χ0n) is 17.4. The number of carbonyl (C=O) groups is 2. The summed E-state index contributed by atoms with van der Waals surface area (Å²) in [5.74, 6) is 0.265. The largest absolute Gasteiger partial charge is 0.484 e. The van der Waals surface area contributed by atoms with Crippen LogP contribution in [0.5, 0.6) is 5.75 Å². The number of ether oxygens (including phenoxy) is 1. The number of likely N-dealkylation sites (N-methyl/N-ethyl adjacent to an activating group) is 1. The Hall–Kier alpha value is -2.82. The number of aryl methyl sites for hydroxylation is 3. The van der Waals surface area contributed by atoms with E-state index in [-0.39, 0.29) is 18.4 Å². The van der Waals surface area contributed by atoms with Crippen LogP contribution in [-0.2, 0) is 16.1 Å². The minimum absolute atomic E-state index is 0.113. The summed E-state index contributed by atoms with van der Waals surface area (Å²) >= 11 is 0. The molecule has 0 spiro atoms. The van der Waals surface area contributed by atoms with Crippen LogP contribution in [0.4, 0.5) is 0 Å². The molecule has 5 nitrogen and oxygen atoms in total. The highest BCUT2D eigenvalue weighted by atomic mass is 16.5. The number of amides is 2. The van der Waals surface area contributed by atoms with E-state index >= 15 is 0 Å². The van der Waals surface area contributed by atoms with Crippen molar-refractivity contribution in [1.82, 2.24) is 10.2 Å². The van der Waals surface area contributed by atoms with Crippen LogP contribution in [0.15, 0.2) is 42.5 Å². The Morgan fingerprint density at radius 2 is 1.71 bits per heavy atom. The van der Waals surface area contributed by atoms with Crippen molar-refractivity contribution in [3.05, 3.63) is 64.7 Å². The van der Waals surface area contributed by atoms with E-state index in [9.17, 15) is 9.59 Å². The molecule has 0 bridgehead atoms. The first-order valence-corrected chi connectivity index (χ1v) is 9.64. The molecule has 2 amide bonds. The van der Waals surface area contributed by atoms with Crippen LogP contribution in [0.2, 0.25) is 0 Å². The van der Waals surface area contributed by atoms with Gasteiger partial charge in [-0.25, -0.2) is 0 Å². The molecule has 0 saturated heterocycles. The van der Waals surface area contributed by atoms with Gasteiger partial charge in [0.1, 0.15) is 11.8 Å². The maximum atomic E-state index is 12.9. The van der Waals surface area contributed by atoms with Gasteiger partial charge < -0.3 is 15.0 Å². The van der Waals surface area contributed by atoms with E-state index in [0.717, 1.165) is 22.3 Å². The summed E-state index contributed by atoms with van der Waals surface area (Å²) in [7, 11) is 0. The maximum absolute atomic E-state index is 12.9. The second-order valence-electron chi connectivity index (χ2n) is 7.19. The van der Waals surface area contributed by atoms with Gasteiger partial charge in [0, 0.05) is 13.1 Å². The predicted octanol–water partition coefficient (Wildman–Crippen LogP) is 3.54. The molecular formula is C23H30N2O3. The van der Waals surface area contributed by atoms with Crippen molar-refractivity contribution in [3.8, 4) is 5.75 Å². The minimum atomic E-state index is -0.587. The molecule has 28 heavy (non-hydrogen) atoms. The molecule has 0 fully saturated rings. The number of hydrogen-bond donors (Lipinski definition) is 1. The van der Waals surface area contributed by atoms with Gasteiger partial charge in [-0.1, -0.05) is 35.9 Å². The van der Waals surface area contributed by atoms with Crippen molar-refractivity contribution in [2.45, 2.75) is 47.2 Å². The molecule has 1 atom stereocenters. The summed E-state index contributed by atoms with van der Waals surface area (Å²) in [5, 5.41) is 2.79. The van der Waals surface area contributed by atoms with E-state index in [1.807, 2.05) is 64.1 Å². The average molecular weight is 383 g/mol. The van der Waals surface area contributed by atoms with Gasteiger partial charge in [-0.3, -0.25) is 9.59 Å². The molecule has 150 valence electrons. The molecule has 2 aromatic rings. The Balaban J connectivity index is 2.16. The summed E-state index contributed by atoms with van der Waals surface area (Å²) in [6, 6.07) is 13.2. The normalized spacial score (nSPS) is 11.6. The standard InChI is InChI=1S/C23H30N2O3/c1-6-24-23(27)19(5)25(14-20-9-7-8-16(2)11-20)22(26)15-28-21-12-17(3)10-18(4)13-21/h7-13,19H,6,14-15H2,1-5H3,(H,24,27)/t19-/m0/s1. The molecular weight excluding hydrogens is 352 g/mol. The number of hydrogen-bond acceptors (Lipinski definition) is 3. The molecule has 0 saturated carbocycles. The van der Waals surface area contributed by atoms with Crippen molar-refractivity contribution in [2.24, 2.45) is 0 Å². The Labute approximate surface area is 167 Å². The van der Waals surface area contributed by atoms with Crippen molar-refractivity contribution in [1.29, 1.82) is 0 Å². The van der Waals surface area contributed by atoms with Crippen molar-refractivity contribution < 1.29 is 14.3 Å². The average Bonchev–Trinajstić information content (AvgIpc) is 2.63. The SMILES string of the molecule is CCNC(=O)[C@H](C)N(Cc1cccc(C)c1)C(=O)COc1cc(C)cc(C)c1. The van der Waals surface area contributed by atoms with Gasteiger partial charge in [0.25, 0.3) is 5.91 Å². The van der Waals surface area contributed by atoms with Crippen molar-refractivity contribution >= 4 is 11.8 Å². The van der Waals surface area contributed by atoms with E-state index in [1.165, 1.54) is 0 Å². The lowest BCUT2D eigenvalue weighted by atomic mass is 10.1. The highest BCUT2D eigenvalue weighted by molar-refractivity contribution is 5.87. The van der Waals surface area contributed by atoms with Gasteiger partial charge in [-0.2, -0.15) is 0 Å². The van der Waals surface area contributed by atoms with E-state index in [2.05, 4.69) is 11.4 Å². The lowest BCUT2D eigenvalue weighted by Gasteiger charge is -2.28. The van der Waals surface area contributed by atoms with Gasteiger partial charge in [0.05, 0.1) is 0 Å². The summed E-state index contributed by atoms with van der Waals surface area (Å²) < 4.78 is 5.74. The number of nitrogens with zero attached hydrogens (tertiary/aromatic N) is 1. The Morgan fingerprint density at radius 1 is 1.04 bits per heavy atom. The fraction of sp³-hybridized carbons (Fsp3) is 0.391. The number of nitrogens with one attached hydrogen (secondary N) is 1. The number of carbonyl (C=O) groups excluding carboxylic acids is 2. The lowest BCUT2D eigenvalue weighted by Crippen LogP contribution is -2.49. The monoisotopic (exact) mass is 382 g/mol. The van der Waals surface area contributed by atoms with Gasteiger partial charge in [0.15, 0.2) is 6.61 Å². The number of rotatable bonds is 8. The predicted molar refractivity (Wildman–Crippen MR) is 111 cm³/mol. The fourth-order valence-electron chi connectivity index (χ4n) is 3.16. The molecule has 0 aliphatic heterocycles. The summed E-state index contributed by atoms with van der Waals surface area (Å²) in [5.41, 5.74) is 4.25. The van der Waals surface area contributed by atoms with Crippen LogP contribution in [0.1, 0.15) is 36.1 Å². The third kappa shape index (κ3) is 6.12. The first-order valence-electron chi connectivity index (χ1n) is 9.64. The van der Waals surface area contributed by atoms with Crippen LogP contribution in [0.3, 0.4) is 0 Å². The summed E-state index contributed by atoms with van der Waals surface area (Å²) in [6.07, 6.45) is 0. The fourth-order valence-corrected chi connectivity index (χ4v) is 3.16. The summed E-state index contributed by atoms with van der Waals surface area (Å²) in [4.78, 5) is 26.9. The molecule has 0 aliphatic rings. The molecule has 0 heterocycles. The van der Waals surface area contributed by atoms with Crippen molar-refractivity contribution in [3.63, 3.8) is 0 Å². The Morgan fingerprint density at radius 3 is 2.32 bits per heavy atom. The van der Waals surface area contributed by atoms with Gasteiger partial charge in [0.2, 0.25) is 5.91 Å². The van der Waals surface area contributed by atoms with Crippen LogP contribution in [0.25, 0.3) is 0 Å². The summed E-state index contributed by atoms with van der Waals surface area (Å²) in [6.45, 7) is 10.4. The van der Waals surface area contributed by atoms with Crippen molar-refractivity contribution in [2.75, 3.05) is 13.2 Å². The molecule has 1 N–H and O–H groups in total. The van der Waals surface area contributed by atoms with Gasteiger partial charge >= 0.3 is 0 Å². The van der Waals surface area contributed by atoms with Gasteiger partial charge in [-0.15, -0.1) is 0 Å². The van der Waals surface area contributed by atoms with E-state index in [1.54, 1.807) is 11.8 Å². The smallest absolute Gasteiger partial charge is 0.261 e. The minimum Gasteiger partial charge on any atom is -0.484 e. The highest BCUT2D eigenvalue weighted by Gasteiger charge is 2.26. The highest BCUT2D eigenvalue weighted by Crippen LogP contribution is 2.17. The Bertz CT molecular complexity index is 812. The second-order valence-corrected chi connectivity index (χ2v) is 7.19. The van der Waals surface area contributed by atoms with E-state index in [4.69, 9.17) is 4.74 Å². The van der Waals surface area contributed by atoms with Gasteiger partial charge in [-0.05, 0) is 63.4 Å². The molecule has 0 aliphatic carbocycles. The molecule has 0 unspecified atom stereocenters. The lowest BCUT2D eigenvalue weighted by molar-refractivity contribution is -0.142. The molecule has 2 rings (SSSR count). The molecule has 2 aromatic carbocycles. The molecule has 0 aromatic heterocycles. The Kier molecular flexibility index (Phi) is 7.61. The van der Waals surface area contributed by atoms with E-state index < -0.39 is 6.04 Å². The quantitative estimate of drug-likeness (QED) is 0.760. The topological polar surface area (TPSA) is 58.6 Å². The van der Waals surface area contributed by atoms with Crippen LogP contribution in [0, 0.1) is 20.8 Å². The molecule has 5 heteroatoms. The first-order chi connectivity index (χ1) is 13.3. The first kappa shape index (κ1) is 21.5. The second kappa shape index (κ2) is 9.93. The third-order valence-electron chi connectivity index (χ3n) is 4.51. The zero-order chi connectivity index (χ0) is 20.7. The van der Waals surface area contributed by atoms with Crippen LogP contribution >= 0.6 is 0 Å². The third-order valence-corrected chi connectivity index (χ3v) is 4.51. The maximum Gasteiger partial charge on any atom is 0.261 e. The van der Waals surface area contributed by atoms with Crippen LogP contribution in [-0.4, -0.2) is 35.9 Å².